The molecule has 136 valence electrons. The lowest BCUT2D eigenvalue weighted by Gasteiger charge is -2.29. The predicted octanol–water partition coefficient (Wildman–Crippen LogP) is 4.00. The molecule has 0 aromatic carbocycles. The van der Waals surface area contributed by atoms with Gasteiger partial charge in [-0.05, 0) is 12.8 Å². The number of rotatable bonds is 1. The lowest BCUT2D eigenvalue weighted by Crippen LogP contribution is -2.32. The number of hydrogen-bond donors (Lipinski definition) is 1. The first-order chi connectivity index (χ1) is 11.0. The molecule has 1 saturated carbocycles. The van der Waals surface area contributed by atoms with Crippen molar-refractivity contribution in [1.82, 2.24) is 9.78 Å². The highest BCUT2D eigenvalue weighted by atomic mass is 19.4. The van der Waals surface area contributed by atoms with E-state index in [4.69, 9.17) is 0 Å². The third-order valence-electron chi connectivity index (χ3n) is 4.48. The van der Waals surface area contributed by atoms with Crippen LogP contribution in [-0.2, 0) is 6.18 Å². The van der Waals surface area contributed by atoms with Crippen LogP contribution in [0.25, 0.3) is 0 Å². The number of hydrogen-bond acceptors (Lipinski definition) is 2. The van der Waals surface area contributed by atoms with E-state index in [0.29, 0.717) is 4.68 Å². The SMILES string of the molecule is O[C@@H]1c2c(C(F)(F)F)nn([C@H]3CC[C@H](F)[C@H](F)C3)c2[C@H](F)C1(F)F. The summed E-state index contributed by atoms with van der Waals surface area (Å²) in [5, 5.41) is 12.6. The zero-order chi connectivity index (χ0) is 18.0. The Morgan fingerprint density at radius 2 is 1.71 bits per heavy atom. The van der Waals surface area contributed by atoms with Gasteiger partial charge in [-0.15, -0.1) is 0 Å². The molecule has 0 bridgehead atoms. The first-order valence-corrected chi connectivity index (χ1v) is 7.13. The molecule has 1 heterocycles. The van der Waals surface area contributed by atoms with E-state index in [1.165, 1.54) is 0 Å². The Hall–Kier alpha value is -1.39. The van der Waals surface area contributed by atoms with E-state index in [1.807, 2.05) is 0 Å². The monoisotopic (exact) mass is 364 g/mol. The standard InChI is InChI=1S/C13H12F8N2O/c14-5-2-1-4(3-6(5)15)23-8-7(10(22-23)13(19,20)21)11(24)12(17,18)9(8)16/h4-6,9,11,24H,1-3H2/t4-,5-,6+,9-,11+/m0/s1. The molecule has 0 spiro atoms. The molecule has 24 heavy (non-hydrogen) atoms. The van der Waals surface area contributed by atoms with Crippen molar-refractivity contribution < 1.29 is 40.2 Å². The van der Waals surface area contributed by atoms with Gasteiger partial charge < -0.3 is 5.11 Å². The maximum absolute atomic E-state index is 14.0. The number of nitrogens with zero attached hydrogens (tertiary/aromatic N) is 2. The average molecular weight is 364 g/mol. The van der Waals surface area contributed by atoms with Crippen LogP contribution in [0.1, 0.15) is 54.5 Å². The van der Waals surface area contributed by atoms with E-state index in [0.717, 1.165) is 0 Å². The van der Waals surface area contributed by atoms with Gasteiger partial charge in [0.05, 0.1) is 11.7 Å². The summed E-state index contributed by atoms with van der Waals surface area (Å²) in [7, 11) is 0. The summed E-state index contributed by atoms with van der Waals surface area (Å²) in [6, 6.07) is -1.20. The van der Waals surface area contributed by atoms with Crippen molar-refractivity contribution in [3.63, 3.8) is 0 Å². The van der Waals surface area contributed by atoms with Gasteiger partial charge in [0.15, 0.2) is 5.69 Å². The topological polar surface area (TPSA) is 38.1 Å². The molecule has 1 N–H and O–H groups in total. The second-order valence-electron chi connectivity index (χ2n) is 6.03. The van der Waals surface area contributed by atoms with E-state index >= 15 is 0 Å². The van der Waals surface area contributed by atoms with Gasteiger partial charge in [0, 0.05) is 12.0 Å². The molecule has 3 nitrogen and oxygen atoms in total. The van der Waals surface area contributed by atoms with Crippen molar-refractivity contribution in [2.45, 2.75) is 62.0 Å². The van der Waals surface area contributed by atoms with Crippen LogP contribution in [0.4, 0.5) is 35.1 Å². The first-order valence-electron chi connectivity index (χ1n) is 7.13. The largest absolute Gasteiger partial charge is 0.435 e. The van der Waals surface area contributed by atoms with Crippen LogP contribution in [0.3, 0.4) is 0 Å². The quantitative estimate of drug-likeness (QED) is 0.765. The fraction of sp³-hybridized carbons (Fsp3) is 0.769. The maximum atomic E-state index is 14.0. The smallest absolute Gasteiger partial charge is 0.382 e. The Morgan fingerprint density at radius 3 is 2.25 bits per heavy atom. The number of aliphatic hydroxyl groups is 1. The lowest BCUT2D eigenvalue weighted by atomic mass is 9.92. The van der Waals surface area contributed by atoms with Crippen LogP contribution in [0, 0.1) is 0 Å². The normalized spacial score (nSPS) is 36.0. The molecule has 2 aliphatic carbocycles. The minimum absolute atomic E-state index is 0.179. The van der Waals surface area contributed by atoms with Crippen LogP contribution in [0.15, 0.2) is 0 Å². The van der Waals surface area contributed by atoms with Gasteiger partial charge in [0.2, 0.25) is 6.17 Å². The van der Waals surface area contributed by atoms with Gasteiger partial charge in [-0.1, -0.05) is 0 Å². The highest BCUT2D eigenvalue weighted by Crippen LogP contribution is 2.56. The zero-order valence-electron chi connectivity index (χ0n) is 11.9. The summed E-state index contributed by atoms with van der Waals surface area (Å²) < 4.78 is 107. The van der Waals surface area contributed by atoms with E-state index in [9.17, 15) is 40.2 Å². The Morgan fingerprint density at radius 1 is 1.08 bits per heavy atom. The minimum atomic E-state index is -5.21. The van der Waals surface area contributed by atoms with Gasteiger partial charge in [-0.3, -0.25) is 4.68 Å². The molecule has 3 rings (SSSR count). The molecule has 1 aromatic rings. The van der Waals surface area contributed by atoms with Gasteiger partial charge >= 0.3 is 12.1 Å². The molecule has 1 aromatic heterocycles. The Bertz CT molecular complexity index is 643. The second kappa shape index (κ2) is 5.30. The highest BCUT2D eigenvalue weighted by Gasteiger charge is 2.62. The number of halogens is 8. The Balaban J connectivity index is 2.11. The molecule has 0 amide bonds. The number of aliphatic hydroxyl groups excluding tert-OH is 1. The van der Waals surface area contributed by atoms with Crippen molar-refractivity contribution in [3.8, 4) is 0 Å². The summed E-state index contributed by atoms with van der Waals surface area (Å²) in [6.45, 7) is 0. The molecule has 0 aliphatic heterocycles. The number of fused-ring (bicyclic) bond motifs is 1. The summed E-state index contributed by atoms with van der Waals surface area (Å²) in [4.78, 5) is 0. The maximum Gasteiger partial charge on any atom is 0.435 e. The van der Waals surface area contributed by atoms with Crippen LogP contribution >= 0.6 is 0 Å². The Labute approximate surface area is 130 Å². The average Bonchev–Trinajstić information content (AvgIpc) is 2.94. The van der Waals surface area contributed by atoms with Gasteiger partial charge in [0.1, 0.15) is 18.4 Å². The van der Waals surface area contributed by atoms with Crippen molar-refractivity contribution in [2.75, 3.05) is 0 Å². The highest BCUT2D eigenvalue weighted by molar-refractivity contribution is 5.40. The van der Waals surface area contributed by atoms with Crippen LogP contribution in [0.2, 0.25) is 0 Å². The third-order valence-corrected chi connectivity index (χ3v) is 4.48. The second-order valence-corrected chi connectivity index (χ2v) is 6.03. The molecular weight excluding hydrogens is 352 g/mol. The van der Waals surface area contributed by atoms with Crippen molar-refractivity contribution >= 4 is 0 Å². The van der Waals surface area contributed by atoms with E-state index in [1.54, 1.807) is 0 Å². The summed E-state index contributed by atoms with van der Waals surface area (Å²) >= 11 is 0. The molecule has 0 saturated heterocycles. The van der Waals surface area contributed by atoms with Gasteiger partial charge in [-0.2, -0.15) is 27.1 Å². The van der Waals surface area contributed by atoms with E-state index in [2.05, 4.69) is 5.10 Å². The van der Waals surface area contributed by atoms with Crippen molar-refractivity contribution in [3.05, 3.63) is 17.0 Å². The molecule has 11 heteroatoms. The minimum Gasteiger partial charge on any atom is -0.382 e. The number of alkyl halides is 8. The molecule has 5 atom stereocenters. The lowest BCUT2D eigenvalue weighted by molar-refractivity contribution is -0.157. The van der Waals surface area contributed by atoms with Crippen molar-refractivity contribution in [1.29, 1.82) is 0 Å². The molecule has 0 unspecified atom stereocenters. The summed E-state index contributed by atoms with van der Waals surface area (Å²) in [5.74, 6) is -4.46. The predicted molar refractivity (Wildman–Crippen MR) is 63.7 cm³/mol. The molecular formula is C13H12F8N2O. The fourth-order valence-electron chi connectivity index (χ4n) is 3.26. The molecule has 2 aliphatic rings. The molecule has 0 radical (unpaired) electrons. The van der Waals surface area contributed by atoms with Crippen LogP contribution < -0.4 is 0 Å². The van der Waals surface area contributed by atoms with E-state index < -0.39 is 66.1 Å². The third kappa shape index (κ3) is 2.39. The Kier molecular flexibility index (Phi) is 3.85. The summed E-state index contributed by atoms with van der Waals surface area (Å²) in [6.07, 6.45) is -16.4. The fourth-order valence-corrected chi connectivity index (χ4v) is 3.26. The first kappa shape index (κ1) is 17.4. The van der Waals surface area contributed by atoms with Crippen LogP contribution in [0.5, 0.6) is 0 Å². The van der Waals surface area contributed by atoms with Gasteiger partial charge in [0.25, 0.3) is 0 Å². The number of aromatic nitrogens is 2. The van der Waals surface area contributed by atoms with Crippen molar-refractivity contribution in [2.24, 2.45) is 0 Å². The van der Waals surface area contributed by atoms with Gasteiger partial charge in [-0.25, -0.2) is 13.2 Å². The van der Waals surface area contributed by atoms with Crippen LogP contribution in [-0.4, -0.2) is 33.2 Å². The van der Waals surface area contributed by atoms with E-state index in [-0.39, 0.29) is 12.8 Å². The summed E-state index contributed by atoms with van der Waals surface area (Å²) in [5.41, 5.74) is -4.28. The molecule has 1 fully saturated rings. The zero-order valence-corrected chi connectivity index (χ0v) is 11.9.